The van der Waals surface area contributed by atoms with E-state index in [4.69, 9.17) is 12.2 Å². The van der Waals surface area contributed by atoms with E-state index in [2.05, 4.69) is 10.6 Å². The maximum Gasteiger partial charge on any atom is 0.264 e. The van der Waals surface area contributed by atoms with Crippen molar-refractivity contribution in [2.75, 3.05) is 16.2 Å². The number of benzene rings is 2. The zero-order chi connectivity index (χ0) is 19.4. The number of nitrogens with zero attached hydrogens (tertiary/aromatic N) is 1. The molecule has 0 bridgehead atoms. The Morgan fingerprint density at radius 1 is 1.11 bits per heavy atom. The van der Waals surface area contributed by atoms with Crippen LogP contribution in [0, 0.1) is 5.92 Å². The molecule has 2 aromatic rings. The van der Waals surface area contributed by atoms with Gasteiger partial charge in [0.25, 0.3) is 10.0 Å². The molecule has 0 saturated heterocycles. The van der Waals surface area contributed by atoms with Crippen molar-refractivity contribution < 1.29 is 13.2 Å². The van der Waals surface area contributed by atoms with Gasteiger partial charge < -0.3 is 10.6 Å². The van der Waals surface area contributed by atoms with Gasteiger partial charge in [-0.05, 0) is 68.4 Å². The number of rotatable bonds is 6. The highest BCUT2D eigenvalue weighted by atomic mass is 32.2. The summed E-state index contributed by atoms with van der Waals surface area (Å²) in [6.07, 6.45) is 1.80. The van der Waals surface area contributed by atoms with Crippen LogP contribution in [0.1, 0.15) is 19.8 Å². The van der Waals surface area contributed by atoms with Crippen LogP contribution in [-0.2, 0) is 14.8 Å². The monoisotopic (exact) mass is 403 g/mol. The smallest absolute Gasteiger partial charge is 0.264 e. The van der Waals surface area contributed by atoms with Crippen molar-refractivity contribution in [2.45, 2.75) is 24.7 Å². The van der Waals surface area contributed by atoms with Crippen molar-refractivity contribution in [3.05, 3.63) is 54.6 Å². The van der Waals surface area contributed by atoms with Crippen molar-refractivity contribution in [2.24, 2.45) is 5.92 Å². The normalized spacial score (nSPS) is 13.7. The summed E-state index contributed by atoms with van der Waals surface area (Å²) >= 11 is 5.12. The third-order valence-electron chi connectivity index (χ3n) is 4.22. The molecule has 0 atom stereocenters. The molecular weight excluding hydrogens is 382 g/mol. The zero-order valence-corrected chi connectivity index (χ0v) is 16.5. The first-order valence-corrected chi connectivity index (χ1v) is 10.6. The second-order valence-corrected chi connectivity index (χ2v) is 8.52. The molecule has 1 aliphatic carbocycles. The fourth-order valence-corrected chi connectivity index (χ4v) is 4.34. The molecule has 6 nitrogen and oxygen atoms in total. The Morgan fingerprint density at radius 2 is 1.74 bits per heavy atom. The van der Waals surface area contributed by atoms with E-state index in [9.17, 15) is 13.2 Å². The molecule has 8 heteroatoms. The Balaban J connectivity index is 1.71. The summed E-state index contributed by atoms with van der Waals surface area (Å²) in [6, 6.07) is 15.3. The van der Waals surface area contributed by atoms with Gasteiger partial charge in [0, 0.05) is 18.2 Å². The number of amides is 1. The molecule has 0 spiro atoms. The van der Waals surface area contributed by atoms with Crippen molar-refractivity contribution >= 4 is 44.6 Å². The minimum absolute atomic E-state index is 0.0651. The second kappa shape index (κ2) is 8.06. The van der Waals surface area contributed by atoms with Gasteiger partial charge in [-0.3, -0.25) is 9.10 Å². The van der Waals surface area contributed by atoms with Crippen LogP contribution in [0.2, 0.25) is 0 Å². The van der Waals surface area contributed by atoms with Crippen LogP contribution in [0.25, 0.3) is 0 Å². The molecule has 1 amide bonds. The summed E-state index contributed by atoms with van der Waals surface area (Å²) in [5.41, 5.74) is 1.23. The fourth-order valence-electron chi connectivity index (χ4n) is 2.64. The zero-order valence-electron chi connectivity index (χ0n) is 14.9. The van der Waals surface area contributed by atoms with E-state index in [1.165, 1.54) is 16.4 Å². The SMILES string of the molecule is CCN(c1ccccc1)S(=O)(=O)c1ccc(NC(=S)NC(=O)C2CC2)cc1. The number of carbonyl (C=O) groups excluding carboxylic acids is 1. The molecule has 0 radical (unpaired) electrons. The molecule has 0 aliphatic heterocycles. The standard InChI is InChI=1S/C19H21N3O3S2/c1-2-22(16-6-4-3-5-7-16)27(24,25)17-12-10-15(11-13-17)20-19(26)21-18(23)14-8-9-14/h3-7,10-14H,2,8-9H2,1H3,(H2,20,21,23,26). The van der Waals surface area contributed by atoms with Crippen LogP contribution in [0.3, 0.4) is 0 Å². The van der Waals surface area contributed by atoms with Gasteiger partial charge >= 0.3 is 0 Å². The van der Waals surface area contributed by atoms with E-state index >= 15 is 0 Å². The number of carbonyl (C=O) groups is 1. The van der Waals surface area contributed by atoms with Crippen molar-refractivity contribution in [3.63, 3.8) is 0 Å². The first kappa shape index (κ1) is 19.3. The fraction of sp³-hybridized carbons (Fsp3) is 0.263. The molecule has 27 heavy (non-hydrogen) atoms. The summed E-state index contributed by atoms with van der Waals surface area (Å²) in [5.74, 6) is -0.0107. The average Bonchev–Trinajstić information content (AvgIpc) is 3.48. The van der Waals surface area contributed by atoms with Crippen LogP contribution < -0.4 is 14.9 Å². The van der Waals surface area contributed by atoms with Crippen LogP contribution in [0.5, 0.6) is 0 Å². The van der Waals surface area contributed by atoms with Crippen LogP contribution >= 0.6 is 12.2 Å². The topological polar surface area (TPSA) is 78.5 Å². The van der Waals surface area contributed by atoms with Gasteiger partial charge in [-0.25, -0.2) is 8.42 Å². The van der Waals surface area contributed by atoms with E-state index in [0.29, 0.717) is 17.9 Å². The van der Waals surface area contributed by atoms with Crippen molar-refractivity contribution in [3.8, 4) is 0 Å². The molecule has 1 saturated carbocycles. The Hall–Kier alpha value is -2.45. The average molecular weight is 404 g/mol. The first-order chi connectivity index (χ1) is 12.9. The number of anilines is 2. The predicted molar refractivity (Wildman–Crippen MR) is 110 cm³/mol. The van der Waals surface area contributed by atoms with Gasteiger partial charge in [-0.15, -0.1) is 0 Å². The number of hydrogen-bond donors (Lipinski definition) is 2. The Labute approximate surface area is 164 Å². The van der Waals surface area contributed by atoms with Gasteiger partial charge in [-0.1, -0.05) is 18.2 Å². The minimum Gasteiger partial charge on any atom is -0.332 e. The van der Waals surface area contributed by atoms with E-state index in [1.54, 1.807) is 43.3 Å². The van der Waals surface area contributed by atoms with Gasteiger partial charge in [0.1, 0.15) is 0 Å². The highest BCUT2D eigenvalue weighted by molar-refractivity contribution is 7.92. The minimum atomic E-state index is -3.67. The Kier molecular flexibility index (Phi) is 5.76. The van der Waals surface area contributed by atoms with E-state index < -0.39 is 10.0 Å². The summed E-state index contributed by atoms with van der Waals surface area (Å²) in [4.78, 5) is 11.9. The van der Waals surface area contributed by atoms with E-state index in [-0.39, 0.29) is 21.8 Å². The lowest BCUT2D eigenvalue weighted by atomic mass is 10.3. The van der Waals surface area contributed by atoms with E-state index in [0.717, 1.165) is 12.8 Å². The first-order valence-electron chi connectivity index (χ1n) is 8.71. The predicted octanol–water partition coefficient (Wildman–Crippen LogP) is 3.12. The lowest BCUT2D eigenvalue weighted by Gasteiger charge is -2.23. The molecule has 0 heterocycles. The number of hydrogen-bond acceptors (Lipinski definition) is 4. The van der Waals surface area contributed by atoms with E-state index in [1.807, 2.05) is 6.07 Å². The molecule has 3 rings (SSSR count). The number of thiocarbonyl (C=S) groups is 1. The largest absolute Gasteiger partial charge is 0.332 e. The van der Waals surface area contributed by atoms with Gasteiger partial charge in [-0.2, -0.15) is 0 Å². The third kappa shape index (κ3) is 4.64. The summed E-state index contributed by atoms with van der Waals surface area (Å²) < 4.78 is 27.3. The van der Waals surface area contributed by atoms with Crippen LogP contribution in [0.15, 0.2) is 59.5 Å². The molecule has 0 aromatic heterocycles. The molecule has 2 aromatic carbocycles. The molecule has 142 valence electrons. The quantitative estimate of drug-likeness (QED) is 0.725. The van der Waals surface area contributed by atoms with Gasteiger partial charge in [0.2, 0.25) is 5.91 Å². The molecule has 1 aliphatic rings. The van der Waals surface area contributed by atoms with Crippen LogP contribution in [-0.4, -0.2) is 26.0 Å². The lowest BCUT2D eigenvalue weighted by Crippen LogP contribution is -2.35. The third-order valence-corrected chi connectivity index (χ3v) is 6.34. The Bertz CT molecular complexity index is 924. The molecular formula is C19H21N3O3S2. The highest BCUT2D eigenvalue weighted by Gasteiger charge is 2.30. The summed E-state index contributed by atoms with van der Waals surface area (Å²) in [6.45, 7) is 2.12. The number of para-hydroxylation sites is 1. The maximum absolute atomic E-state index is 12.9. The summed E-state index contributed by atoms with van der Waals surface area (Å²) in [7, 11) is -3.67. The van der Waals surface area contributed by atoms with Crippen LogP contribution in [0.4, 0.5) is 11.4 Å². The highest BCUT2D eigenvalue weighted by Crippen LogP contribution is 2.28. The molecule has 1 fully saturated rings. The maximum atomic E-state index is 12.9. The lowest BCUT2D eigenvalue weighted by molar-refractivity contribution is -0.120. The summed E-state index contributed by atoms with van der Waals surface area (Å²) in [5, 5.41) is 5.75. The molecule has 2 N–H and O–H groups in total. The number of sulfonamides is 1. The van der Waals surface area contributed by atoms with Gasteiger partial charge in [0.05, 0.1) is 10.6 Å². The second-order valence-electron chi connectivity index (χ2n) is 6.25. The van der Waals surface area contributed by atoms with Crippen molar-refractivity contribution in [1.29, 1.82) is 0 Å². The van der Waals surface area contributed by atoms with Gasteiger partial charge in [0.15, 0.2) is 5.11 Å². The van der Waals surface area contributed by atoms with Crippen molar-refractivity contribution in [1.82, 2.24) is 5.32 Å². The molecule has 0 unspecified atom stereocenters. The Morgan fingerprint density at radius 3 is 2.30 bits per heavy atom. The number of nitrogens with one attached hydrogen (secondary N) is 2.